The van der Waals surface area contributed by atoms with Crippen LogP contribution in [0.15, 0.2) is 46.4 Å². The lowest BCUT2D eigenvalue weighted by molar-refractivity contribution is -0.113. The highest BCUT2D eigenvalue weighted by atomic mass is 35.5. The number of hydrogen-bond acceptors (Lipinski definition) is 4. The molecule has 1 amide bonds. The van der Waals surface area contributed by atoms with Crippen molar-refractivity contribution >= 4 is 57.3 Å². The van der Waals surface area contributed by atoms with E-state index in [1.165, 1.54) is 17.3 Å². The summed E-state index contributed by atoms with van der Waals surface area (Å²) in [6, 6.07) is 11.4. The quantitative estimate of drug-likeness (QED) is 0.500. The number of aliphatic imine (C=N–C) groups is 2. The van der Waals surface area contributed by atoms with Crippen molar-refractivity contribution in [2.75, 3.05) is 11.1 Å². The van der Waals surface area contributed by atoms with Crippen molar-refractivity contribution in [3.05, 3.63) is 63.1 Å². The molecule has 4 rings (SSSR count). The molecule has 1 spiro atoms. The third-order valence-electron chi connectivity index (χ3n) is 6.22. The number of carbonyl (C=O) groups excluding carboxylic acids is 1. The third kappa shape index (κ3) is 5.22. The molecule has 1 fully saturated rings. The fourth-order valence-corrected chi connectivity index (χ4v) is 5.44. The van der Waals surface area contributed by atoms with Crippen LogP contribution in [0.25, 0.3) is 0 Å². The maximum atomic E-state index is 12.7. The van der Waals surface area contributed by atoms with Crippen LogP contribution in [0.4, 0.5) is 5.69 Å². The lowest BCUT2D eigenvalue weighted by Gasteiger charge is -2.30. The molecule has 2 aliphatic rings. The molecule has 168 valence electrons. The molecule has 1 saturated carbocycles. The van der Waals surface area contributed by atoms with Crippen molar-refractivity contribution in [3.63, 3.8) is 0 Å². The largest absolute Gasteiger partial charge is 0.325 e. The molecule has 0 radical (unpaired) electrons. The maximum absolute atomic E-state index is 12.7. The first kappa shape index (κ1) is 23.3. The van der Waals surface area contributed by atoms with Gasteiger partial charge in [-0.15, -0.1) is 0 Å². The van der Waals surface area contributed by atoms with E-state index in [4.69, 9.17) is 33.2 Å². The molecule has 1 aliphatic carbocycles. The molecule has 0 bridgehead atoms. The average molecular weight is 488 g/mol. The van der Waals surface area contributed by atoms with Crippen LogP contribution in [-0.2, 0) is 4.79 Å². The summed E-state index contributed by atoms with van der Waals surface area (Å²) in [7, 11) is 0. The summed E-state index contributed by atoms with van der Waals surface area (Å²) in [6.07, 6.45) is 4.03. The second-order valence-electron chi connectivity index (χ2n) is 8.80. The fraction of sp³-hybridized carbons (Fsp3) is 0.400. The lowest BCUT2D eigenvalue weighted by Crippen LogP contribution is -2.28. The SMILES string of the molecule is Cc1ccc(NC(=O)CSC2=NC3(CCC(C)CC3)N=C2c2ccc(Cl)cc2Cl)cc1C. The number of amides is 1. The van der Waals surface area contributed by atoms with Crippen LogP contribution in [-0.4, -0.2) is 28.1 Å². The van der Waals surface area contributed by atoms with E-state index in [1.54, 1.807) is 6.07 Å². The Labute approximate surface area is 203 Å². The average Bonchev–Trinajstić information content (AvgIpc) is 3.10. The van der Waals surface area contributed by atoms with Crippen LogP contribution in [0.1, 0.15) is 49.3 Å². The molecule has 4 nitrogen and oxygen atoms in total. The molecule has 0 atom stereocenters. The number of anilines is 1. The third-order valence-corrected chi connectivity index (χ3v) is 7.74. The van der Waals surface area contributed by atoms with Crippen LogP contribution >= 0.6 is 35.0 Å². The van der Waals surface area contributed by atoms with Crippen molar-refractivity contribution in [2.45, 2.75) is 52.1 Å². The first-order valence-corrected chi connectivity index (χ1v) is 12.6. The van der Waals surface area contributed by atoms with Gasteiger partial charge in [0, 0.05) is 16.3 Å². The molecule has 7 heteroatoms. The zero-order valence-electron chi connectivity index (χ0n) is 18.5. The number of halogens is 2. The molecule has 1 aliphatic heterocycles. The monoisotopic (exact) mass is 487 g/mol. The Balaban J connectivity index is 1.53. The first-order chi connectivity index (χ1) is 15.2. The van der Waals surface area contributed by atoms with E-state index in [0.717, 1.165) is 53.3 Å². The van der Waals surface area contributed by atoms with Crippen molar-refractivity contribution in [1.82, 2.24) is 0 Å². The minimum atomic E-state index is -0.433. The van der Waals surface area contributed by atoms with Gasteiger partial charge in [-0.2, -0.15) is 0 Å². The number of hydrogen-bond donors (Lipinski definition) is 1. The number of benzene rings is 2. The second-order valence-corrected chi connectivity index (χ2v) is 10.6. The van der Waals surface area contributed by atoms with E-state index < -0.39 is 5.66 Å². The van der Waals surface area contributed by atoms with E-state index in [2.05, 4.69) is 19.2 Å². The Kier molecular flexibility index (Phi) is 6.99. The van der Waals surface area contributed by atoms with Crippen molar-refractivity contribution in [1.29, 1.82) is 0 Å². The Bertz CT molecular complexity index is 1100. The van der Waals surface area contributed by atoms with E-state index in [0.29, 0.717) is 16.0 Å². The summed E-state index contributed by atoms with van der Waals surface area (Å²) in [5.41, 5.74) is 4.30. The minimum absolute atomic E-state index is 0.0688. The molecule has 32 heavy (non-hydrogen) atoms. The maximum Gasteiger partial charge on any atom is 0.234 e. The molecule has 2 aromatic carbocycles. The van der Waals surface area contributed by atoms with E-state index in [9.17, 15) is 4.79 Å². The van der Waals surface area contributed by atoms with Gasteiger partial charge in [-0.1, -0.05) is 48.0 Å². The smallest absolute Gasteiger partial charge is 0.234 e. The van der Waals surface area contributed by atoms with Gasteiger partial charge in [0.05, 0.1) is 10.8 Å². The van der Waals surface area contributed by atoms with Gasteiger partial charge >= 0.3 is 0 Å². The van der Waals surface area contributed by atoms with Gasteiger partial charge in [-0.05, 0) is 86.9 Å². The number of carbonyl (C=O) groups is 1. The Morgan fingerprint density at radius 1 is 1.09 bits per heavy atom. The Morgan fingerprint density at radius 3 is 2.53 bits per heavy atom. The molecule has 0 aromatic heterocycles. The van der Waals surface area contributed by atoms with Crippen LogP contribution in [0.2, 0.25) is 10.0 Å². The molecule has 2 aromatic rings. The predicted molar refractivity (Wildman–Crippen MR) is 138 cm³/mol. The molecular formula is C25H27Cl2N3OS. The number of rotatable bonds is 4. The number of nitrogens with zero attached hydrogens (tertiary/aromatic N) is 2. The Hall–Kier alpha value is -1.82. The van der Waals surface area contributed by atoms with Crippen LogP contribution in [0.3, 0.4) is 0 Å². The topological polar surface area (TPSA) is 53.8 Å². The molecule has 1 heterocycles. The van der Waals surface area contributed by atoms with Gasteiger partial charge in [0.1, 0.15) is 10.8 Å². The van der Waals surface area contributed by atoms with Gasteiger partial charge in [-0.3, -0.25) is 9.79 Å². The van der Waals surface area contributed by atoms with Crippen molar-refractivity contribution in [3.8, 4) is 0 Å². The summed E-state index contributed by atoms with van der Waals surface area (Å²) in [6.45, 7) is 6.37. The summed E-state index contributed by atoms with van der Waals surface area (Å²) >= 11 is 14.0. The molecule has 1 N–H and O–H groups in total. The molecular weight excluding hydrogens is 461 g/mol. The fourth-order valence-electron chi connectivity index (χ4n) is 4.08. The van der Waals surface area contributed by atoms with Gasteiger partial charge in [0.25, 0.3) is 0 Å². The first-order valence-electron chi connectivity index (χ1n) is 10.9. The Morgan fingerprint density at radius 2 is 1.84 bits per heavy atom. The van der Waals surface area contributed by atoms with E-state index >= 15 is 0 Å². The number of thioether (sulfide) groups is 1. The van der Waals surface area contributed by atoms with Crippen LogP contribution in [0.5, 0.6) is 0 Å². The summed E-state index contributed by atoms with van der Waals surface area (Å²) in [4.78, 5) is 22.8. The van der Waals surface area contributed by atoms with Gasteiger partial charge < -0.3 is 5.32 Å². The highest BCUT2D eigenvalue weighted by Crippen LogP contribution is 2.41. The van der Waals surface area contributed by atoms with Crippen molar-refractivity contribution in [2.24, 2.45) is 15.9 Å². The normalized spacial score (nSPS) is 22.6. The zero-order chi connectivity index (χ0) is 22.9. The summed E-state index contributed by atoms with van der Waals surface area (Å²) < 4.78 is 0. The van der Waals surface area contributed by atoms with Crippen LogP contribution < -0.4 is 5.32 Å². The molecule has 0 unspecified atom stereocenters. The summed E-state index contributed by atoms with van der Waals surface area (Å²) in [5, 5.41) is 4.89. The van der Waals surface area contributed by atoms with Crippen LogP contribution in [0, 0.1) is 19.8 Å². The minimum Gasteiger partial charge on any atom is -0.325 e. The predicted octanol–water partition coefficient (Wildman–Crippen LogP) is 7.09. The second kappa shape index (κ2) is 9.58. The van der Waals surface area contributed by atoms with E-state index in [-0.39, 0.29) is 11.7 Å². The van der Waals surface area contributed by atoms with Gasteiger partial charge in [0.2, 0.25) is 5.91 Å². The zero-order valence-corrected chi connectivity index (χ0v) is 20.9. The lowest BCUT2D eigenvalue weighted by atomic mass is 9.83. The highest BCUT2D eigenvalue weighted by Gasteiger charge is 2.39. The van der Waals surface area contributed by atoms with Gasteiger partial charge in [0.15, 0.2) is 5.66 Å². The van der Waals surface area contributed by atoms with E-state index in [1.807, 2.05) is 37.3 Å². The number of aryl methyl sites for hydroxylation is 2. The highest BCUT2D eigenvalue weighted by molar-refractivity contribution is 8.16. The van der Waals surface area contributed by atoms with Gasteiger partial charge in [-0.25, -0.2) is 4.99 Å². The standard InChI is InChI=1S/C25H27Cl2N3OS/c1-15-8-10-25(11-9-15)29-23(20-7-5-18(26)13-21(20)27)24(30-25)32-14-22(31)28-19-6-4-16(2)17(3)12-19/h4-7,12-13,15H,8-11,14H2,1-3H3,(H,28,31). The van der Waals surface area contributed by atoms with Crippen molar-refractivity contribution < 1.29 is 4.79 Å². The summed E-state index contributed by atoms with van der Waals surface area (Å²) in [5.74, 6) is 0.873. The number of nitrogens with one attached hydrogen (secondary N) is 1. The molecule has 0 saturated heterocycles.